The minimum absolute atomic E-state index is 0.171. The van der Waals surface area contributed by atoms with Crippen LogP contribution in [0, 0.1) is 12.7 Å². The van der Waals surface area contributed by atoms with Gasteiger partial charge < -0.3 is 15.0 Å². The molecule has 4 rings (SSSR count). The van der Waals surface area contributed by atoms with E-state index in [1.807, 2.05) is 6.92 Å². The monoisotopic (exact) mass is 503 g/mol. The molecule has 4 amide bonds. The van der Waals surface area contributed by atoms with Crippen LogP contribution in [0.25, 0.3) is 0 Å². The summed E-state index contributed by atoms with van der Waals surface area (Å²) in [5.74, 6) is -1.82. The van der Waals surface area contributed by atoms with Crippen molar-refractivity contribution in [1.29, 1.82) is 0 Å². The number of urea groups is 1. The first-order valence-corrected chi connectivity index (χ1v) is 11.7. The van der Waals surface area contributed by atoms with Crippen LogP contribution < -0.4 is 10.2 Å². The number of benzene rings is 3. The summed E-state index contributed by atoms with van der Waals surface area (Å²) in [6, 6.07) is 17.5. The topological polar surface area (TPSA) is 96.0 Å². The molecule has 1 atom stereocenters. The van der Waals surface area contributed by atoms with Gasteiger partial charge >= 0.3 is 12.0 Å². The molecule has 8 nitrogen and oxygen atoms in total. The zero-order valence-corrected chi connectivity index (χ0v) is 20.4. The standard InChI is InChI=1S/C28H26FN3O5/c1-18-3-13-23(14-4-18)32-26(34)24(31(28(32)36)16-15-19-5-9-21(29)10-6-19)17-25(33)30-22-11-7-20(8-12-22)27(35)37-2/h3-14,24H,15-17H2,1-2H3,(H,30,33)/t24-/m0/s1. The molecule has 1 heterocycles. The molecule has 0 aromatic heterocycles. The highest BCUT2D eigenvalue weighted by Crippen LogP contribution is 2.28. The average Bonchev–Trinajstić information content (AvgIpc) is 3.12. The third-order valence-electron chi connectivity index (χ3n) is 6.13. The molecule has 0 aliphatic carbocycles. The number of ether oxygens (including phenoxy) is 1. The number of halogens is 1. The number of rotatable bonds is 8. The number of anilines is 2. The van der Waals surface area contributed by atoms with Gasteiger partial charge in [-0.1, -0.05) is 29.8 Å². The number of carbonyl (C=O) groups excluding carboxylic acids is 4. The fraction of sp³-hybridized carbons (Fsp3) is 0.214. The van der Waals surface area contributed by atoms with Gasteiger partial charge in [-0.15, -0.1) is 0 Å². The summed E-state index contributed by atoms with van der Waals surface area (Å²) in [6.45, 7) is 2.07. The van der Waals surface area contributed by atoms with Crippen molar-refractivity contribution in [2.24, 2.45) is 0 Å². The quantitative estimate of drug-likeness (QED) is 0.365. The van der Waals surface area contributed by atoms with Crippen LogP contribution in [0.3, 0.4) is 0 Å². The number of amides is 4. The first-order chi connectivity index (χ1) is 17.8. The number of hydrogen-bond acceptors (Lipinski definition) is 5. The molecule has 1 aliphatic rings. The zero-order chi connectivity index (χ0) is 26.5. The summed E-state index contributed by atoms with van der Waals surface area (Å²) in [4.78, 5) is 53.7. The Balaban J connectivity index is 1.52. The van der Waals surface area contributed by atoms with Crippen LogP contribution in [0.5, 0.6) is 0 Å². The fourth-order valence-corrected chi connectivity index (χ4v) is 4.11. The second-order valence-electron chi connectivity index (χ2n) is 8.70. The van der Waals surface area contributed by atoms with Gasteiger partial charge in [-0.2, -0.15) is 0 Å². The number of methoxy groups -OCH3 is 1. The molecular weight excluding hydrogens is 477 g/mol. The Hall–Kier alpha value is -4.53. The Morgan fingerprint density at radius 2 is 1.59 bits per heavy atom. The predicted molar refractivity (Wildman–Crippen MR) is 136 cm³/mol. The molecule has 1 saturated heterocycles. The highest BCUT2D eigenvalue weighted by atomic mass is 19.1. The lowest BCUT2D eigenvalue weighted by Gasteiger charge is -2.21. The zero-order valence-electron chi connectivity index (χ0n) is 20.4. The Kier molecular flexibility index (Phi) is 7.62. The lowest BCUT2D eigenvalue weighted by atomic mass is 10.1. The van der Waals surface area contributed by atoms with Crippen molar-refractivity contribution in [2.75, 3.05) is 23.9 Å². The van der Waals surface area contributed by atoms with Gasteiger partial charge in [0.15, 0.2) is 0 Å². The van der Waals surface area contributed by atoms with Crippen molar-refractivity contribution in [2.45, 2.75) is 25.8 Å². The summed E-state index contributed by atoms with van der Waals surface area (Å²) in [5, 5.41) is 2.71. The maximum atomic E-state index is 13.4. The van der Waals surface area contributed by atoms with Crippen LogP contribution in [-0.4, -0.2) is 48.4 Å². The van der Waals surface area contributed by atoms with E-state index < -0.39 is 29.9 Å². The predicted octanol–water partition coefficient (Wildman–Crippen LogP) is 4.33. The van der Waals surface area contributed by atoms with E-state index in [2.05, 4.69) is 10.1 Å². The van der Waals surface area contributed by atoms with Gasteiger partial charge in [-0.05, 0) is 67.4 Å². The highest BCUT2D eigenvalue weighted by Gasteiger charge is 2.46. The summed E-state index contributed by atoms with van der Waals surface area (Å²) in [7, 11) is 1.28. The SMILES string of the molecule is COC(=O)c1ccc(NC(=O)C[C@H]2C(=O)N(c3ccc(C)cc3)C(=O)N2CCc2ccc(F)cc2)cc1. The van der Waals surface area contributed by atoms with E-state index in [4.69, 9.17) is 0 Å². The van der Waals surface area contributed by atoms with Gasteiger partial charge in [0.25, 0.3) is 5.91 Å². The van der Waals surface area contributed by atoms with Crippen LogP contribution in [0.4, 0.5) is 20.6 Å². The van der Waals surface area contributed by atoms with Gasteiger partial charge in [0.05, 0.1) is 24.8 Å². The Labute approximate surface area is 213 Å². The molecule has 0 unspecified atom stereocenters. The molecule has 0 bridgehead atoms. The minimum atomic E-state index is -1.01. The number of nitrogens with one attached hydrogen (secondary N) is 1. The maximum Gasteiger partial charge on any atom is 0.337 e. The van der Waals surface area contributed by atoms with Crippen molar-refractivity contribution in [3.8, 4) is 0 Å². The van der Waals surface area contributed by atoms with E-state index in [0.29, 0.717) is 23.4 Å². The molecule has 1 fully saturated rings. The molecule has 3 aromatic carbocycles. The van der Waals surface area contributed by atoms with Crippen molar-refractivity contribution in [1.82, 2.24) is 4.90 Å². The van der Waals surface area contributed by atoms with E-state index in [9.17, 15) is 23.6 Å². The summed E-state index contributed by atoms with van der Waals surface area (Å²) in [5.41, 5.74) is 2.96. The van der Waals surface area contributed by atoms with Crippen molar-refractivity contribution in [3.05, 3.63) is 95.3 Å². The molecule has 9 heteroatoms. The number of hydrogen-bond donors (Lipinski definition) is 1. The number of carbonyl (C=O) groups is 4. The largest absolute Gasteiger partial charge is 0.465 e. The van der Waals surface area contributed by atoms with Crippen molar-refractivity contribution >= 4 is 35.2 Å². The Bertz CT molecular complexity index is 1310. The molecule has 3 aromatic rings. The normalized spacial score (nSPS) is 15.2. The Morgan fingerprint density at radius 1 is 0.946 bits per heavy atom. The molecule has 0 radical (unpaired) electrons. The number of imide groups is 1. The van der Waals surface area contributed by atoms with Gasteiger partial charge in [-0.3, -0.25) is 9.59 Å². The summed E-state index contributed by atoms with van der Waals surface area (Å²) < 4.78 is 18.0. The molecule has 190 valence electrons. The van der Waals surface area contributed by atoms with E-state index in [-0.39, 0.29) is 18.8 Å². The number of esters is 1. The first-order valence-electron chi connectivity index (χ1n) is 11.7. The van der Waals surface area contributed by atoms with E-state index >= 15 is 0 Å². The third kappa shape index (κ3) is 5.83. The average molecular weight is 504 g/mol. The smallest absolute Gasteiger partial charge is 0.337 e. The van der Waals surface area contributed by atoms with Crippen LogP contribution >= 0.6 is 0 Å². The fourth-order valence-electron chi connectivity index (χ4n) is 4.11. The maximum absolute atomic E-state index is 13.4. The molecule has 0 saturated carbocycles. The minimum Gasteiger partial charge on any atom is -0.465 e. The van der Waals surface area contributed by atoms with Crippen LogP contribution in [-0.2, 0) is 20.7 Å². The van der Waals surface area contributed by atoms with Crippen molar-refractivity contribution < 1.29 is 28.3 Å². The van der Waals surface area contributed by atoms with Gasteiger partial charge in [0.2, 0.25) is 5.91 Å². The molecule has 1 N–H and O–H groups in total. The van der Waals surface area contributed by atoms with E-state index in [1.165, 1.54) is 36.3 Å². The van der Waals surface area contributed by atoms with Gasteiger partial charge in [0, 0.05) is 12.2 Å². The molecule has 0 spiro atoms. The molecular formula is C28H26FN3O5. The van der Waals surface area contributed by atoms with E-state index in [1.54, 1.807) is 48.5 Å². The van der Waals surface area contributed by atoms with E-state index in [0.717, 1.165) is 16.0 Å². The second kappa shape index (κ2) is 11.0. The number of nitrogens with zero attached hydrogens (tertiary/aromatic N) is 2. The van der Waals surface area contributed by atoms with Crippen LogP contribution in [0.15, 0.2) is 72.8 Å². The Morgan fingerprint density at radius 3 is 2.22 bits per heavy atom. The van der Waals surface area contributed by atoms with Gasteiger partial charge in [0.1, 0.15) is 11.9 Å². The molecule has 1 aliphatic heterocycles. The summed E-state index contributed by atoms with van der Waals surface area (Å²) in [6.07, 6.45) is 0.128. The lowest BCUT2D eigenvalue weighted by Crippen LogP contribution is -2.39. The highest BCUT2D eigenvalue weighted by molar-refractivity contribution is 6.22. The van der Waals surface area contributed by atoms with Gasteiger partial charge in [-0.25, -0.2) is 18.9 Å². The number of aryl methyl sites for hydroxylation is 1. The first kappa shape index (κ1) is 25.6. The van der Waals surface area contributed by atoms with Crippen molar-refractivity contribution in [3.63, 3.8) is 0 Å². The summed E-state index contributed by atoms with van der Waals surface area (Å²) >= 11 is 0. The molecule has 37 heavy (non-hydrogen) atoms. The second-order valence-corrected chi connectivity index (χ2v) is 8.70. The lowest BCUT2D eigenvalue weighted by molar-refractivity contribution is -0.124. The third-order valence-corrected chi connectivity index (χ3v) is 6.13. The van der Waals surface area contributed by atoms with Crippen LogP contribution in [0.1, 0.15) is 27.9 Å². The van der Waals surface area contributed by atoms with Crippen LogP contribution in [0.2, 0.25) is 0 Å².